The number of sulfonamides is 1. The van der Waals surface area contributed by atoms with Crippen molar-refractivity contribution in [2.24, 2.45) is 0 Å². The van der Waals surface area contributed by atoms with Crippen LogP contribution < -0.4 is 0 Å². The highest BCUT2D eigenvalue weighted by atomic mass is 32.2. The summed E-state index contributed by atoms with van der Waals surface area (Å²) in [6.45, 7) is 4.41. The molecule has 0 N–H and O–H groups in total. The van der Waals surface area contributed by atoms with Crippen LogP contribution in [0.2, 0.25) is 0 Å². The minimum atomic E-state index is -3.94. The van der Waals surface area contributed by atoms with Crippen LogP contribution in [0.5, 0.6) is 0 Å². The van der Waals surface area contributed by atoms with Crippen LogP contribution in [0.25, 0.3) is 10.8 Å². The highest BCUT2D eigenvalue weighted by Crippen LogP contribution is 2.30. The monoisotopic (exact) mass is 497 g/mol. The lowest BCUT2D eigenvalue weighted by Gasteiger charge is -2.34. The first-order valence-electron chi connectivity index (χ1n) is 9.69. The van der Waals surface area contributed by atoms with Gasteiger partial charge in [0.1, 0.15) is 15.6 Å². The van der Waals surface area contributed by atoms with E-state index >= 15 is 0 Å². The first-order chi connectivity index (χ1) is 15.3. The largest absolute Gasteiger partial charge is 0.410 e. The summed E-state index contributed by atoms with van der Waals surface area (Å²) < 4.78 is 46.2. The van der Waals surface area contributed by atoms with Crippen molar-refractivity contribution in [1.29, 1.82) is 0 Å². The second kappa shape index (κ2) is 9.25. The van der Waals surface area contributed by atoms with Crippen LogP contribution in [0.15, 0.2) is 38.8 Å². The van der Waals surface area contributed by atoms with Gasteiger partial charge in [-0.2, -0.15) is 4.31 Å². The Morgan fingerprint density at radius 2 is 1.91 bits per heavy atom. The second-order valence-corrected chi connectivity index (χ2v) is 11.1. The van der Waals surface area contributed by atoms with Crippen molar-refractivity contribution >= 4 is 39.0 Å². The Balaban J connectivity index is 1.32. The molecule has 2 aromatic heterocycles. The fourth-order valence-electron chi connectivity index (χ4n) is 3.28. The number of amides is 1. The number of thioether (sulfide) groups is 1. The van der Waals surface area contributed by atoms with Gasteiger partial charge in [-0.3, -0.25) is 4.79 Å². The number of halogens is 1. The quantitative estimate of drug-likeness (QED) is 0.478. The molecule has 1 aliphatic rings. The van der Waals surface area contributed by atoms with Crippen LogP contribution in [-0.2, 0) is 14.8 Å². The number of aryl methyl sites for hydroxylation is 2. The van der Waals surface area contributed by atoms with Crippen molar-refractivity contribution in [2.45, 2.75) is 24.0 Å². The number of carbonyl (C=O) groups is 1. The van der Waals surface area contributed by atoms with Gasteiger partial charge in [0.15, 0.2) is 0 Å². The van der Waals surface area contributed by atoms with Gasteiger partial charge in [0.2, 0.25) is 15.9 Å². The number of aromatic nitrogens is 3. The van der Waals surface area contributed by atoms with E-state index in [0.717, 1.165) is 33.4 Å². The van der Waals surface area contributed by atoms with Crippen LogP contribution in [0.1, 0.15) is 10.7 Å². The average Bonchev–Trinajstić information content (AvgIpc) is 3.37. The van der Waals surface area contributed by atoms with Gasteiger partial charge in [-0.1, -0.05) is 23.9 Å². The van der Waals surface area contributed by atoms with Gasteiger partial charge in [0.05, 0.1) is 16.5 Å². The van der Waals surface area contributed by atoms with E-state index < -0.39 is 15.8 Å². The first kappa shape index (κ1) is 22.8. The molecule has 3 heterocycles. The molecule has 3 aromatic rings. The summed E-state index contributed by atoms with van der Waals surface area (Å²) >= 11 is 2.59. The molecule has 0 aliphatic carbocycles. The standard InChI is InChI=1S/C19H20FN5O4S3/c1-12-17(31-13(2)21-12)18-22-23-19(29-18)30-11-16(26)24-7-9-25(10-8-24)32(27,28)15-6-4-3-5-14(15)20/h3-6H,7-11H2,1-2H3. The zero-order chi connectivity index (χ0) is 22.9. The Kier molecular flexibility index (Phi) is 6.60. The lowest BCUT2D eigenvalue weighted by Crippen LogP contribution is -2.51. The Hall–Kier alpha value is -2.35. The van der Waals surface area contributed by atoms with Crippen molar-refractivity contribution < 1.29 is 22.0 Å². The molecule has 170 valence electrons. The molecule has 0 atom stereocenters. The van der Waals surface area contributed by atoms with Crippen molar-refractivity contribution in [3.05, 3.63) is 40.8 Å². The molecule has 0 saturated carbocycles. The SMILES string of the molecule is Cc1nc(C)c(-c2nnc(SCC(=O)N3CCN(S(=O)(=O)c4ccccc4F)CC3)o2)s1. The Morgan fingerprint density at radius 1 is 1.19 bits per heavy atom. The third kappa shape index (κ3) is 4.70. The topological polar surface area (TPSA) is 110 Å². The molecule has 0 radical (unpaired) electrons. The minimum absolute atomic E-state index is 0.0857. The molecule has 1 aromatic carbocycles. The summed E-state index contributed by atoms with van der Waals surface area (Å²) in [6, 6.07) is 5.28. The van der Waals surface area contributed by atoms with Crippen molar-refractivity contribution in [3.63, 3.8) is 0 Å². The fourth-order valence-corrected chi connectivity index (χ4v) is 6.27. The van der Waals surface area contributed by atoms with E-state index in [9.17, 15) is 17.6 Å². The summed E-state index contributed by atoms with van der Waals surface area (Å²) in [7, 11) is -3.94. The Labute approximate surface area is 192 Å². The summed E-state index contributed by atoms with van der Waals surface area (Å²) in [5, 5.41) is 9.18. The third-order valence-electron chi connectivity index (χ3n) is 4.87. The predicted molar refractivity (Wildman–Crippen MR) is 117 cm³/mol. The molecular weight excluding hydrogens is 477 g/mol. The fraction of sp³-hybridized carbons (Fsp3) is 0.368. The molecular formula is C19H20FN5O4S3. The maximum atomic E-state index is 13.9. The molecule has 13 heteroatoms. The molecule has 0 spiro atoms. The Bertz CT molecular complexity index is 1240. The number of rotatable bonds is 6. The maximum Gasteiger partial charge on any atom is 0.277 e. The number of benzene rings is 1. The summed E-state index contributed by atoms with van der Waals surface area (Å²) in [4.78, 5) is 18.9. The summed E-state index contributed by atoms with van der Waals surface area (Å²) in [6.07, 6.45) is 0. The number of nitrogens with zero attached hydrogens (tertiary/aromatic N) is 5. The molecule has 0 bridgehead atoms. The molecule has 1 aliphatic heterocycles. The molecule has 32 heavy (non-hydrogen) atoms. The van der Waals surface area contributed by atoms with E-state index in [4.69, 9.17) is 4.42 Å². The second-order valence-electron chi connectivity index (χ2n) is 7.02. The lowest BCUT2D eigenvalue weighted by atomic mass is 10.3. The predicted octanol–water partition coefficient (Wildman–Crippen LogP) is 2.57. The highest BCUT2D eigenvalue weighted by molar-refractivity contribution is 7.99. The van der Waals surface area contributed by atoms with Gasteiger partial charge in [-0.15, -0.1) is 21.5 Å². The smallest absolute Gasteiger partial charge is 0.277 e. The number of carbonyl (C=O) groups excluding carboxylic acids is 1. The van der Waals surface area contributed by atoms with Crippen LogP contribution >= 0.6 is 23.1 Å². The zero-order valence-electron chi connectivity index (χ0n) is 17.3. The number of hydrogen-bond donors (Lipinski definition) is 0. The molecule has 1 fully saturated rings. The zero-order valence-corrected chi connectivity index (χ0v) is 19.8. The minimum Gasteiger partial charge on any atom is -0.410 e. The normalized spacial score (nSPS) is 15.3. The van der Waals surface area contributed by atoms with E-state index in [1.54, 1.807) is 4.90 Å². The van der Waals surface area contributed by atoms with Crippen molar-refractivity contribution in [1.82, 2.24) is 24.4 Å². The number of hydrogen-bond acceptors (Lipinski definition) is 9. The van der Waals surface area contributed by atoms with Gasteiger partial charge in [-0.25, -0.2) is 17.8 Å². The van der Waals surface area contributed by atoms with Gasteiger partial charge in [-0.05, 0) is 26.0 Å². The van der Waals surface area contributed by atoms with Crippen molar-refractivity contribution in [3.8, 4) is 10.8 Å². The first-order valence-corrected chi connectivity index (χ1v) is 12.9. The Morgan fingerprint density at radius 3 is 2.56 bits per heavy atom. The molecule has 4 rings (SSSR count). The number of piperazine rings is 1. The van der Waals surface area contributed by atoms with Gasteiger partial charge in [0, 0.05) is 26.2 Å². The van der Waals surface area contributed by atoms with Crippen molar-refractivity contribution in [2.75, 3.05) is 31.9 Å². The molecule has 1 saturated heterocycles. The lowest BCUT2D eigenvalue weighted by molar-refractivity contribution is -0.129. The molecule has 9 nitrogen and oxygen atoms in total. The molecule has 1 amide bonds. The highest BCUT2D eigenvalue weighted by Gasteiger charge is 2.31. The van der Waals surface area contributed by atoms with Crippen LogP contribution in [0.3, 0.4) is 0 Å². The van der Waals surface area contributed by atoms with E-state index in [1.807, 2.05) is 13.8 Å². The number of thiazole rings is 1. The van der Waals surface area contributed by atoms with Crippen LogP contribution in [0, 0.1) is 19.7 Å². The van der Waals surface area contributed by atoms with E-state index in [-0.39, 0.29) is 48.0 Å². The van der Waals surface area contributed by atoms with E-state index in [1.165, 1.54) is 33.8 Å². The third-order valence-corrected chi connectivity index (χ3v) is 8.67. The van der Waals surface area contributed by atoms with Gasteiger partial charge < -0.3 is 9.32 Å². The van der Waals surface area contributed by atoms with Gasteiger partial charge in [0.25, 0.3) is 11.1 Å². The van der Waals surface area contributed by atoms with Crippen LogP contribution in [0.4, 0.5) is 4.39 Å². The average molecular weight is 498 g/mol. The van der Waals surface area contributed by atoms with Gasteiger partial charge >= 0.3 is 0 Å². The van der Waals surface area contributed by atoms with E-state index in [0.29, 0.717) is 5.89 Å². The summed E-state index contributed by atoms with van der Waals surface area (Å²) in [5.74, 6) is -0.495. The maximum absolute atomic E-state index is 13.9. The summed E-state index contributed by atoms with van der Waals surface area (Å²) in [5.41, 5.74) is 0.812. The molecule has 0 unspecified atom stereocenters. The van der Waals surface area contributed by atoms with E-state index in [2.05, 4.69) is 15.2 Å². The van der Waals surface area contributed by atoms with Crippen LogP contribution in [-0.4, -0.2) is 70.6 Å².